The topological polar surface area (TPSA) is 32.7 Å². The lowest BCUT2D eigenvalue weighted by Gasteiger charge is -2.35. The maximum absolute atomic E-state index is 9.67. The molecule has 2 aromatic rings. The predicted molar refractivity (Wildman–Crippen MR) is 85.2 cm³/mol. The number of aryl methyl sites for hydroxylation is 1. The van der Waals surface area contributed by atoms with Crippen LogP contribution in [0.2, 0.25) is 0 Å². The van der Waals surface area contributed by atoms with Gasteiger partial charge < -0.3 is 14.7 Å². The number of phenolic OH excluding ortho intramolecular Hbond substituents is 1. The molecule has 3 heteroatoms. The quantitative estimate of drug-likeness (QED) is 0.927. The van der Waals surface area contributed by atoms with Crippen LogP contribution >= 0.6 is 0 Å². The number of fused-ring (bicyclic) bond motifs is 1. The van der Waals surface area contributed by atoms with Gasteiger partial charge in [0.05, 0.1) is 13.2 Å². The fraction of sp³-hybridized carbons (Fsp3) is 0.333. The van der Waals surface area contributed by atoms with E-state index in [9.17, 15) is 5.11 Å². The average Bonchev–Trinajstić information content (AvgIpc) is 2.53. The highest BCUT2D eigenvalue weighted by molar-refractivity contribution is 5.53. The van der Waals surface area contributed by atoms with E-state index in [0.717, 1.165) is 30.7 Å². The van der Waals surface area contributed by atoms with Crippen molar-refractivity contribution in [3.05, 3.63) is 53.6 Å². The number of phenols is 1. The Bertz CT molecular complexity index is 639. The predicted octanol–water partition coefficient (Wildman–Crippen LogP) is 3.91. The molecular weight excluding hydrogens is 262 g/mol. The molecule has 0 spiro atoms. The summed E-state index contributed by atoms with van der Waals surface area (Å²) in [5, 5.41) is 9.67. The Labute approximate surface area is 125 Å². The van der Waals surface area contributed by atoms with Gasteiger partial charge in [0.2, 0.25) is 0 Å². The maximum atomic E-state index is 9.67. The molecule has 0 bridgehead atoms. The minimum Gasteiger partial charge on any atom is -0.508 e. The Kier molecular flexibility index (Phi) is 3.74. The summed E-state index contributed by atoms with van der Waals surface area (Å²) in [4.78, 5) is 2.30. The van der Waals surface area contributed by atoms with Gasteiger partial charge in [-0.2, -0.15) is 0 Å². The molecule has 1 N–H and O–H groups in total. The van der Waals surface area contributed by atoms with E-state index in [1.807, 2.05) is 18.2 Å². The van der Waals surface area contributed by atoms with Crippen LogP contribution in [0.15, 0.2) is 42.5 Å². The second-order valence-corrected chi connectivity index (χ2v) is 5.60. The van der Waals surface area contributed by atoms with Gasteiger partial charge in [-0.15, -0.1) is 0 Å². The number of hydrogen-bond acceptors (Lipinski definition) is 3. The summed E-state index contributed by atoms with van der Waals surface area (Å²) in [7, 11) is 3.82. The van der Waals surface area contributed by atoms with Crippen molar-refractivity contribution in [2.45, 2.75) is 25.3 Å². The van der Waals surface area contributed by atoms with Gasteiger partial charge >= 0.3 is 0 Å². The average molecular weight is 283 g/mol. The maximum Gasteiger partial charge on any atom is 0.120 e. The molecule has 0 heterocycles. The summed E-state index contributed by atoms with van der Waals surface area (Å²) in [5.74, 6) is 1.24. The SMILES string of the molecule is COc1cccc(N(C)C2CCCc3cc(O)ccc32)c1. The Hall–Kier alpha value is -2.16. The summed E-state index contributed by atoms with van der Waals surface area (Å²) in [6.07, 6.45) is 3.33. The van der Waals surface area contributed by atoms with Gasteiger partial charge in [0.15, 0.2) is 0 Å². The lowest BCUT2D eigenvalue weighted by molar-refractivity contribution is 0.414. The summed E-state index contributed by atoms with van der Waals surface area (Å²) in [6.45, 7) is 0. The summed E-state index contributed by atoms with van der Waals surface area (Å²) in [5.41, 5.74) is 3.74. The molecule has 0 radical (unpaired) electrons. The number of aromatic hydroxyl groups is 1. The molecule has 1 aliphatic carbocycles. The summed E-state index contributed by atoms with van der Waals surface area (Å²) < 4.78 is 5.32. The van der Waals surface area contributed by atoms with E-state index >= 15 is 0 Å². The highest BCUT2D eigenvalue weighted by Crippen LogP contribution is 2.37. The van der Waals surface area contributed by atoms with E-state index in [4.69, 9.17) is 4.74 Å². The minimum atomic E-state index is 0.349. The molecule has 0 amide bonds. The molecule has 0 aliphatic heterocycles. The van der Waals surface area contributed by atoms with E-state index in [0.29, 0.717) is 11.8 Å². The highest BCUT2D eigenvalue weighted by Gasteiger charge is 2.24. The molecule has 1 unspecified atom stereocenters. The first-order chi connectivity index (χ1) is 10.2. The van der Waals surface area contributed by atoms with Crippen molar-refractivity contribution in [2.75, 3.05) is 19.1 Å². The number of methoxy groups -OCH3 is 1. The van der Waals surface area contributed by atoms with Gasteiger partial charge in [0, 0.05) is 18.8 Å². The Morgan fingerprint density at radius 3 is 2.86 bits per heavy atom. The minimum absolute atomic E-state index is 0.349. The van der Waals surface area contributed by atoms with Gasteiger partial charge in [-0.25, -0.2) is 0 Å². The van der Waals surface area contributed by atoms with Crippen molar-refractivity contribution < 1.29 is 9.84 Å². The lowest BCUT2D eigenvalue weighted by atomic mass is 9.86. The second-order valence-electron chi connectivity index (χ2n) is 5.60. The first-order valence-electron chi connectivity index (χ1n) is 7.37. The van der Waals surface area contributed by atoms with Crippen molar-refractivity contribution in [1.29, 1.82) is 0 Å². The van der Waals surface area contributed by atoms with Gasteiger partial charge in [0.1, 0.15) is 11.5 Å². The van der Waals surface area contributed by atoms with Gasteiger partial charge in [-0.05, 0) is 54.7 Å². The number of benzene rings is 2. The van der Waals surface area contributed by atoms with Crippen molar-refractivity contribution in [2.24, 2.45) is 0 Å². The molecule has 3 rings (SSSR count). The van der Waals surface area contributed by atoms with Crippen molar-refractivity contribution in [1.82, 2.24) is 0 Å². The zero-order valence-electron chi connectivity index (χ0n) is 12.5. The van der Waals surface area contributed by atoms with Gasteiger partial charge in [-0.3, -0.25) is 0 Å². The number of nitrogens with zero attached hydrogens (tertiary/aromatic N) is 1. The number of rotatable bonds is 3. The van der Waals surface area contributed by atoms with Crippen molar-refractivity contribution in [3.63, 3.8) is 0 Å². The van der Waals surface area contributed by atoms with Crippen LogP contribution in [0.5, 0.6) is 11.5 Å². The molecule has 1 atom stereocenters. The standard InChI is InChI=1S/C18H21NO2/c1-19(14-6-4-7-16(12-14)21-2)18-8-3-5-13-11-15(20)9-10-17(13)18/h4,6-7,9-12,18,20H,3,5,8H2,1-2H3. The zero-order valence-corrected chi connectivity index (χ0v) is 12.5. The molecule has 0 fully saturated rings. The molecule has 0 aromatic heterocycles. The monoisotopic (exact) mass is 283 g/mol. The van der Waals surface area contributed by atoms with E-state index in [1.165, 1.54) is 11.1 Å². The number of ether oxygens (including phenoxy) is 1. The van der Waals surface area contributed by atoms with Crippen LogP contribution in [0.25, 0.3) is 0 Å². The molecule has 3 nitrogen and oxygen atoms in total. The van der Waals surface area contributed by atoms with Crippen LogP contribution in [0.1, 0.15) is 30.0 Å². The first-order valence-corrected chi connectivity index (χ1v) is 7.37. The normalized spacial score (nSPS) is 17.1. The van der Waals surface area contributed by atoms with Crippen LogP contribution in [-0.2, 0) is 6.42 Å². The summed E-state index contributed by atoms with van der Waals surface area (Å²) in [6, 6.07) is 14.3. The largest absolute Gasteiger partial charge is 0.508 e. The second kappa shape index (κ2) is 5.68. The molecule has 0 saturated heterocycles. The van der Waals surface area contributed by atoms with Gasteiger partial charge in [-0.1, -0.05) is 12.1 Å². The third kappa shape index (κ3) is 2.68. The van der Waals surface area contributed by atoms with Crippen LogP contribution < -0.4 is 9.64 Å². The van der Waals surface area contributed by atoms with Crippen LogP contribution in [0.4, 0.5) is 5.69 Å². The Balaban J connectivity index is 1.94. The Morgan fingerprint density at radius 2 is 2.05 bits per heavy atom. The summed E-state index contributed by atoms with van der Waals surface area (Å²) >= 11 is 0. The molecular formula is C18H21NO2. The highest BCUT2D eigenvalue weighted by atomic mass is 16.5. The van der Waals surface area contributed by atoms with E-state index < -0.39 is 0 Å². The number of hydrogen-bond donors (Lipinski definition) is 1. The fourth-order valence-corrected chi connectivity index (χ4v) is 3.19. The molecule has 0 saturated carbocycles. The molecule has 21 heavy (non-hydrogen) atoms. The Morgan fingerprint density at radius 1 is 1.19 bits per heavy atom. The van der Waals surface area contributed by atoms with Crippen LogP contribution in [0, 0.1) is 0 Å². The van der Waals surface area contributed by atoms with Crippen molar-refractivity contribution >= 4 is 5.69 Å². The molecule has 110 valence electrons. The van der Waals surface area contributed by atoms with Gasteiger partial charge in [0.25, 0.3) is 0 Å². The van der Waals surface area contributed by atoms with Crippen LogP contribution in [0.3, 0.4) is 0 Å². The lowest BCUT2D eigenvalue weighted by Crippen LogP contribution is -2.27. The first kappa shape index (κ1) is 13.8. The fourth-order valence-electron chi connectivity index (χ4n) is 3.19. The van der Waals surface area contributed by atoms with E-state index in [1.54, 1.807) is 13.2 Å². The number of anilines is 1. The van der Waals surface area contributed by atoms with E-state index in [2.05, 4.69) is 30.1 Å². The van der Waals surface area contributed by atoms with Crippen LogP contribution in [-0.4, -0.2) is 19.3 Å². The smallest absolute Gasteiger partial charge is 0.120 e. The zero-order chi connectivity index (χ0) is 14.8. The third-order valence-electron chi connectivity index (χ3n) is 4.34. The third-order valence-corrected chi connectivity index (χ3v) is 4.34. The molecule has 1 aliphatic rings. The molecule has 2 aromatic carbocycles. The van der Waals surface area contributed by atoms with Crippen molar-refractivity contribution in [3.8, 4) is 11.5 Å². The van der Waals surface area contributed by atoms with E-state index in [-0.39, 0.29) is 0 Å².